The van der Waals surface area contributed by atoms with Gasteiger partial charge in [0.25, 0.3) is 10.0 Å². The lowest BCUT2D eigenvalue weighted by Crippen LogP contribution is -2.51. The number of carbonyl (C=O) groups is 2. The maximum atomic E-state index is 14.0. The number of benzene rings is 3. The van der Waals surface area contributed by atoms with E-state index in [9.17, 15) is 18.0 Å². The Bertz CT molecular complexity index is 1450. The molecule has 0 unspecified atom stereocenters. The second kappa shape index (κ2) is 14.2. The van der Waals surface area contributed by atoms with Crippen molar-refractivity contribution in [3.05, 3.63) is 82.9 Å². The van der Waals surface area contributed by atoms with E-state index >= 15 is 0 Å². The smallest absolute Gasteiger partial charge is 0.264 e. The van der Waals surface area contributed by atoms with Gasteiger partial charge in [0.05, 0.1) is 24.8 Å². The Morgan fingerprint density at radius 3 is 2.17 bits per heavy atom. The molecule has 9 nitrogen and oxygen atoms in total. The van der Waals surface area contributed by atoms with Crippen LogP contribution in [0.25, 0.3) is 0 Å². The Labute approximate surface area is 247 Å². The molecule has 0 aromatic heterocycles. The third-order valence-electron chi connectivity index (χ3n) is 6.53. The fourth-order valence-corrected chi connectivity index (χ4v) is 5.67. The molecule has 0 aliphatic carbocycles. The number of carbonyl (C=O) groups excluding carboxylic acids is 2. The average Bonchev–Trinajstić information content (AvgIpc) is 2.97. The molecule has 0 fully saturated rings. The summed E-state index contributed by atoms with van der Waals surface area (Å²) in [5.41, 5.74) is 2.09. The van der Waals surface area contributed by atoms with Crippen LogP contribution in [0.15, 0.2) is 71.6 Å². The number of nitrogens with zero attached hydrogens (tertiary/aromatic N) is 2. The summed E-state index contributed by atoms with van der Waals surface area (Å²) < 4.78 is 39.6. The third-order valence-corrected chi connectivity index (χ3v) is 8.55. The molecule has 1 N–H and O–H groups in total. The lowest BCUT2D eigenvalue weighted by atomic mass is 10.1. The number of amides is 2. The Morgan fingerprint density at radius 2 is 1.59 bits per heavy atom. The lowest BCUT2D eigenvalue weighted by Gasteiger charge is -2.32. The standard InChI is InChI=1S/C30H36ClN3O6S/c1-6-17-32-30(36)22(3)33(19-23-9-7-21(2)8-10-23)29(35)20-34(25-13-11-24(31)12-14-25)41(37,38)26-15-16-27(39-4)28(18-26)40-5/h7-16,18,22H,6,17,19-20H2,1-5H3,(H,32,36)/t22-/m1/s1. The Kier molecular flexibility index (Phi) is 11.0. The first-order chi connectivity index (χ1) is 19.5. The van der Waals surface area contributed by atoms with Gasteiger partial charge < -0.3 is 19.7 Å². The van der Waals surface area contributed by atoms with Crippen LogP contribution in [0.4, 0.5) is 5.69 Å². The van der Waals surface area contributed by atoms with E-state index in [1.54, 1.807) is 19.1 Å². The number of sulfonamides is 1. The number of aryl methyl sites for hydroxylation is 1. The van der Waals surface area contributed by atoms with Gasteiger partial charge >= 0.3 is 0 Å². The molecule has 0 aliphatic rings. The van der Waals surface area contributed by atoms with Crippen molar-refractivity contribution < 1.29 is 27.5 Å². The van der Waals surface area contributed by atoms with Crippen LogP contribution >= 0.6 is 11.6 Å². The average molecular weight is 602 g/mol. The van der Waals surface area contributed by atoms with Crippen molar-refractivity contribution in [3.63, 3.8) is 0 Å². The highest BCUT2D eigenvalue weighted by Gasteiger charge is 2.33. The maximum Gasteiger partial charge on any atom is 0.264 e. The largest absolute Gasteiger partial charge is 0.493 e. The fourth-order valence-electron chi connectivity index (χ4n) is 4.11. The first-order valence-corrected chi connectivity index (χ1v) is 15.0. The van der Waals surface area contributed by atoms with Crippen molar-refractivity contribution in [2.75, 3.05) is 31.6 Å². The Hall–Kier alpha value is -3.76. The summed E-state index contributed by atoms with van der Waals surface area (Å²) in [6, 6.07) is 17.1. The molecule has 0 saturated heterocycles. The molecule has 11 heteroatoms. The summed E-state index contributed by atoms with van der Waals surface area (Å²) in [7, 11) is -1.43. The second-order valence-corrected chi connectivity index (χ2v) is 11.8. The number of nitrogens with one attached hydrogen (secondary N) is 1. The van der Waals surface area contributed by atoms with Gasteiger partial charge in [0.2, 0.25) is 11.8 Å². The molecule has 3 aromatic rings. The molecule has 3 aromatic carbocycles. The van der Waals surface area contributed by atoms with Crippen LogP contribution < -0.4 is 19.1 Å². The highest BCUT2D eigenvalue weighted by atomic mass is 35.5. The van der Waals surface area contributed by atoms with Crippen LogP contribution in [0.3, 0.4) is 0 Å². The summed E-state index contributed by atoms with van der Waals surface area (Å²) in [5, 5.41) is 3.24. The minimum absolute atomic E-state index is 0.100. The lowest BCUT2D eigenvalue weighted by molar-refractivity contribution is -0.139. The summed E-state index contributed by atoms with van der Waals surface area (Å²) in [6.45, 7) is 5.53. The van der Waals surface area contributed by atoms with Crippen LogP contribution in [0, 0.1) is 6.92 Å². The van der Waals surface area contributed by atoms with Gasteiger partial charge in [-0.1, -0.05) is 48.4 Å². The van der Waals surface area contributed by atoms with E-state index in [-0.39, 0.29) is 28.8 Å². The number of hydrogen-bond donors (Lipinski definition) is 1. The number of hydrogen-bond acceptors (Lipinski definition) is 6. The summed E-state index contributed by atoms with van der Waals surface area (Å²) in [4.78, 5) is 28.2. The normalized spacial score (nSPS) is 11.9. The number of anilines is 1. The van der Waals surface area contributed by atoms with E-state index < -0.39 is 28.5 Å². The molecule has 0 heterocycles. The molecule has 3 rings (SSSR count). The predicted molar refractivity (Wildman–Crippen MR) is 160 cm³/mol. The summed E-state index contributed by atoms with van der Waals surface area (Å²) in [6.07, 6.45) is 0.734. The molecule has 41 heavy (non-hydrogen) atoms. The fraction of sp³-hybridized carbons (Fsp3) is 0.333. The summed E-state index contributed by atoms with van der Waals surface area (Å²) in [5.74, 6) is -0.299. The van der Waals surface area contributed by atoms with Crippen LogP contribution in [-0.2, 0) is 26.2 Å². The minimum Gasteiger partial charge on any atom is -0.493 e. The van der Waals surface area contributed by atoms with Gasteiger partial charge in [-0.15, -0.1) is 0 Å². The molecular formula is C30H36ClN3O6S. The van der Waals surface area contributed by atoms with Crippen molar-refractivity contribution in [1.82, 2.24) is 10.2 Å². The van der Waals surface area contributed by atoms with E-state index in [1.165, 1.54) is 49.5 Å². The summed E-state index contributed by atoms with van der Waals surface area (Å²) >= 11 is 6.08. The van der Waals surface area contributed by atoms with Crippen LogP contribution in [0.2, 0.25) is 5.02 Å². The van der Waals surface area contributed by atoms with Gasteiger partial charge in [-0.25, -0.2) is 8.42 Å². The van der Waals surface area contributed by atoms with Crippen LogP contribution in [-0.4, -0.2) is 58.5 Å². The SMILES string of the molecule is CCCNC(=O)[C@@H](C)N(Cc1ccc(C)cc1)C(=O)CN(c1ccc(Cl)cc1)S(=O)(=O)c1ccc(OC)c(OC)c1. The number of rotatable bonds is 13. The first kappa shape index (κ1) is 31.8. The van der Waals surface area contributed by atoms with Crippen LogP contribution in [0.1, 0.15) is 31.4 Å². The van der Waals surface area contributed by atoms with Crippen molar-refractivity contribution >= 4 is 39.1 Å². The van der Waals surface area contributed by atoms with E-state index in [4.69, 9.17) is 21.1 Å². The van der Waals surface area contributed by atoms with Crippen LogP contribution in [0.5, 0.6) is 11.5 Å². The quantitative estimate of drug-likeness (QED) is 0.302. The molecule has 0 spiro atoms. The Morgan fingerprint density at radius 1 is 0.951 bits per heavy atom. The minimum atomic E-state index is -4.29. The van der Waals surface area contributed by atoms with Crippen molar-refractivity contribution in [2.24, 2.45) is 0 Å². The zero-order chi connectivity index (χ0) is 30.2. The van der Waals surface area contributed by atoms with E-state index in [0.29, 0.717) is 17.3 Å². The van der Waals surface area contributed by atoms with Gasteiger partial charge in [0.15, 0.2) is 11.5 Å². The molecule has 0 radical (unpaired) electrons. The number of halogens is 1. The Balaban J connectivity index is 2.05. The van der Waals surface area contributed by atoms with Gasteiger partial charge in [-0.3, -0.25) is 13.9 Å². The monoisotopic (exact) mass is 601 g/mol. The first-order valence-electron chi connectivity index (χ1n) is 13.1. The molecular weight excluding hydrogens is 566 g/mol. The second-order valence-electron chi connectivity index (χ2n) is 9.48. The molecule has 0 aliphatic heterocycles. The topological polar surface area (TPSA) is 105 Å². The molecule has 1 atom stereocenters. The molecule has 220 valence electrons. The third kappa shape index (κ3) is 7.92. The number of ether oxygens (including phenoxy) is 2. The maximum absolute atomic E-state index is 14.0. The predicted octanol–water partition coefficient (Wildman–Crippen LogP) is 4.80. The van der Waals surface area contributed by atoms with Gasteiger partial charge in [0.1, 0.15) is 12.6 Å². The zero-order valence-electron chi connectivity index (χ0n) is 23.9. The van der Waals surface area contributed by atoms with Gasteiger partial charge in [0, 0.05) is 24.2 Å². The van der Waals surface area contributed by atoms with Crippen molar-refractivity contribution in [1.29, 1.82) is 0 Å². The molecule has 2 amide bonds. The number of methoxy groups -OCH3 is 2. The van der Waals surface area contributed by atoms with E-state index in [0.717, 1.165) is 21.9 Å². The zero-order valence-corrected chi connectivity index (χ0v) is 25.5. The van der Waals surface area contributed by atoms with E-state index in [2.05, 4.69) is 5.32 Å². The molecule has 0 saturated carbocycles. The van der Waals surface area contributed by atoms with Gasteiger partial charge in [-0.2, -0.15) is 0 Å². The van der Waals surface area contributed by atoms with E-state index in [1.807, 2.05) is 38.1 Å². The highest BCUT2D eigenvalue weighted by molar-refractivity contribution is 7.92. The highest BCUT2D eigenvalue weighted by Crippen LogP contribution is 2.32. The van der Waals surface area contributed by atoms with Gasteiger partial charge in [-0.05, 0) is 62.2 Å². The van der Waals surface area contributed by atoms with Crippen molar-refractivity contribution in [3.8, 4) is 11.5 Å². The van der Waals surface area contributed by atoms with Crippen molar-refractivity contribution in [2.45, 2.75) is 44.7 Å². The molecule has 0 bridgehead atoms.